The van der Waals surface area contributed by atoms with Crippen molar-refractivity contribution >= 4 is 37.2 Å². The monoisotopic (exact) mass is 460 g/mol. The van der Waals surface area contributed by atoms with Crippen molar-refractivity contribution in [3.05, 3.63) is 30.6 Å². The van der Waals surface area contributed by atoms with E-state index >= 15 is 0 Å². The fourth-order valence-corrected chi connectivity index (χ4v) is 0.313. The molecule has 1 aromatic rings. The Bertz CT molecular complexity index is 95.1. The van der Waals surface area contributed by atoms with Gasteiger partial charge in [-0.05, 0) is 12.1 Å². The van der Waals surface area contributed by atoms with Gasteiger partial charge < -0.3 is 0 Å². The van der Waals surface area contributed by atoms with Gasteiger partial charge in [0.05, 0.1) is 0 Å². The average molecular weight is 460 g/mol. The normalized spacial score (nSPS) is 7.78. The van der Waals surface area contributed by atoms with Gasteiger partial charge in [0.1, 0.15) is 0 Å². The smallest absolute Gasteiger partial charge is 0.0267 e. The Labute approximate surface area is 84.6 Å². The van der Waals surface area contributed by atoms with Crippen LogP contribution >= 0.6 is 37.2 Å². The molecule has 1 heterocycles. The van der Waals surface area contributed by atoms with Crippen molar-refractivity contribution in [3.8, 4) is 0 Å². The number of hydrogen-bond acceptors (Lipinski definition) is 1. The summed E-state index contributed by atoms with van der Waals surface area (Å²) >= 11 is 5.30. The molecule has 0 bridgehead atoms. The minimum Gasteiger partial charge on any atom is -0.265 e. The van der Waals surface area contributed by atoms with Gasteiger partial charge in [0.25, 0.3) is 0 Å². The maximum Gasteiger partial charge on any atom is 0.0267 e. The van der Waals surface area contributed by atoms with Crippen LogP contribution in [-0.2, 0) is 0 Å². The third-order valence-corrected chi connectivity index (χ3v) is 0.566. The Balaban J connectivity index is 0.000000187. The Morgan fingerprint density at radius 2 is 1.44 bits per heavy atom. The number of nitrogens with zero attached hydrogens (tertiary/aromatic N) is 1. The third kappa shape index (κ3) is 9.34. The largest absolute Gasteiger partial charge is 0.265 e. The predicted octanol–water partition coefficient (Wildman–Crippen LogP) is -0.143. The summed E-state index contributed by atoms with van der Waals surface area (Å²) in [5.41, 5.74) is 0. The Hall–Kier alpha value is 1.34. The second-order valence-electron chi connectivity index (χ2n) is 1.08. The van der Waals surface area contributed by atoms with Crippen LogP contribution in [0.3, 0.4) is 0 Å². The molecule has 1 aromatic heterocycles. The zero-order valence-corrected chi connectivity index (χ0v) is 10.9. The maximum atomic E-state index is 3.78. The van der Waals surface area contributed by atoms with Crippen LogP contribution in [0, 0.1) is 0 Å². The summed E-state index contributed by atoms with van der Waals surface area (Å²) < 4.78 is 0. The van der Waals surface area contributed by atoms with E-state index in [9.17, 15) is 0 Å². The molecule has 0 N–H and O–H groups in total. The van der Waals surface area contributed by atoms with Gasteiger partial charge >= 0.3 is 50.5 Å². The molecule has 0 saturated heterocycles. The molecule has 0 unspecified atom stereocenters. The van der Waals surface area contributed by atoms with Crippen LogP contribution in [0.25, 0.3) is 0 Å². The van der Waals surface area contributed by atoms with Crippen LogP contribution in [-0.4, -0.2) is 4.98 Å². The Kier molecular flexibility index (Phi) is 10.7. The maximum absolute atomic E-state index is 3.78. The molecule has 1 nitrogen and oxygen atoms in total. The summed E-state index contributed by atoms with van der Waals surface area (Å²) in [6.07, 6.45) is 3.50. The topological polar surface area (TPSA) is 12.9 Å². The molecule has 0 aliphatic rings. The summed E-state index contributed by atoms with van der Waals surface area (Å²) in [6.45, 7) is 0. The molecule has 0 saturated carbocycles. The third-order valence-electron chi connectivity index (χ3n) is 0.566. The van der Waals surface area contributed by atoms with Gasteiger partial charge in [-0.25, -0.2) is 0 Å². The van der Waals surface area contributed by atoms with Crippen molar-refractivity contribution in [2.24, 2.45) is 0 Å². The first-order chi connectivity index (χ1) is 4.41. The van der Waals surface area contributed by atoms with Gasteiger partial charge in [-0.15, -0.1) is 0 Å². The summed E-state index contributed by atoms with van der Waals surface area (Å²) in [5, 5.41) is 0. The van der Waals surface area contributed by atoms with E-state index in [1.165, 1.54) is 0 Å². The fourth-order valence-electron chi connectivity index (χ4n) is 0.313. The van der Waals surface area contributed by atoms with E-state index in [0.717, 1.165) is 0 Å². The number of hydrogen-bond donors (Lipinski definition) is 0. The average Bonchev–Trinajstić information content (AvgIpc) is 1.93. The van der Waals surface area contributed by atoms with Gasteiger partial charge in [-0.2, -0.15) is 0 Å². The predicted molar refractivity (Wildman–Crippen MR) is 52.3 cm³/mol. The first-order valence-corrected chi connectivity index (χ1v) is 14.7. The molecule has 0 amide bonds. The molecule has 52 valence electrons. The van der Waals surface area contributed by atoms with Crippen molar-refractivity contribution in [3.63, 3.8) is 0 Å². The van der Waals surface area contributed by atoms with Crippen molar-refractivity contribution in [1.82, 2.24) is 4.98 Å². The standard InChI is InChI=1S/C5H5N.I3/c1-2-4-6-5-3-1;1-3-2/h1-5H;/q;-1. The number of pyridine rings is 1. The van der Waals surface area contributed by atoms with Crippen LogP contribution in [0.5, 0.6) is 0 Å². The van der Waals surface area contributed by atoms with Crippen LogP contribution in [0.4, 0.5) is 0 Å². The van der Waals surface area contributed by atoms with E-state index in [-0.39, 0.29) is 0 Å². The van der Waals surface area contributed by atoms with Crippen LogP contribution in [0.2, 0.25) is 0 Å². The van der Waals surface area contributed by atoms with Crippen molar-refractivity contribution in [1.29, 1.82) is 0 Å². The molecule has 0 spiro atoms. The van der Waals surface area contributed by atoms with Crippen LogP contribution < -0.4 is 13.3 Å². The molecule has 0 aliphatic heterocycles. The second kappa shape index (κ2) is 9.34. The van der Waals surface area contributed by atoms with Crippen molar-refractivity contribution in [2.45, 2.75) is 0 Å². The first kappa shape index (κ1) is 10.3. The molecule has 0 fully saturated rings. The van der Waals surface area contributed by atoms with Gasteiger partial charge in [0.2, 0.25) is 0 Å². The Morgan fingerprint density at radius 3 is 1.56 bits per heavy atom. The number of rotatable bonds is 0. The van der Waals surface area contributed by atoms with Gasteiger partial charge in [-0.3, -0.25) is 4.98 Å². The zero-order valence-electron chi connectivity index (χ0n) is 4.47. The van der Waals surface area contributed by atoms with Gasteiger partial charge in [0.15, 0.2) is 0 Å². The van der Waals surface area contributed by atoms with E-state index in [1.54, 1.807) is 12.4 Å². The summed E-state index contributed by atoms with van der Waals surface area (Å²) in [7, 11) is 0. The molecular formula is C5H5I3N-. The quantitative estimate of drug-likeness (QED) is 0.492. The minimum atomic E-state index is 0.530. The van der Waals surface area contributed by atoms with E-state index < -0.39 is 0 Å². The van der Waals surface area contributed by atoms with Crippen LogP contribution in [0.1, 0.15) is 0 Å². The first-order valence-electron chi connectivity index (χ1n) is 2.14. The van der Waals surface area contributed by atoms with Gasteiger partial charge in [0, 0.05) is 12.4 Å². The minimum absolute atomic E-state index is 0.530. The summed E-state index contributed by atoms with van der Waals surface area (Å²) in [6, 6.07) is 5.72. The van der Waals surface area contributed by atoms with Crippen molar-refractivity contribution in [2.75, 3.05) is 0 Å². The SMILES string of the molecule is I[I-]I.c1ccncc1. The van der Waals surface area contributed by atoms with E-state index in [1.807, 2.05) is 18.2 Å². The molecule has 0 aromatic carbocycles. The number of aromatic nitrogens is 1. The molecule has 9 heavy (non-hydrogen) atoms. The molecule has 0 aliphatic carbocycles. The number of halogens is 3. The summed E-state index contributed by atoms with van der Waals surface area (Å²) in [4.78, 5) is 3.78. The van der Waals surface area contributed by atoms with Gasteiger partial charge in [-0.1, -0.05) is 6.07 Å². The zero-order chi connectivity index (χ0) is 6.95. The molecule has 4 heteroatoms. The van der Waals surface area contributed by atoms with E-state index in [4.69, 9.17) is 0 Å². The summed E-state index contributed by atoms with van der Waals surface area (Å²) in [5.74, 6) is 0. The molecular weight excluding hydrogens is 455 g/mol. The van der Waals surface area contributed by atoms with E-state index in [0.29, 0.717) is 13.3 Å². The van der Waals surface area contributed by atoms with E-state index in [2.05, 4.69) is 42.2 Å². The van der Waals surface area contributed by atoms with Crippen LogP contribution in [0.15, 0.2) is 30.6 Å². The fraction of sp³-hybridized carbons (Fsp3) is 0. The molecule has 0 atom stereocenters. The Morgan fingerprint density at radius 1 is 1.00 bits per heavy atom. The molecule has 0 radical (unpaired) electrons. The second-order valence-corrected chi connectivity index (χ2v) is 17.3. The van der Waals surface area contributed by atoms with Crippen molar-refractivity contribution < 1.29 is 13.3 Å². The molecule has 1 rings (SSSR count).